The fraction of sp³-hybridized carbons (Fsp3) is 0.476. The van der Waals surface area contributed by atoms with Crippen molar-refractivity contribution in [3.8, 4) is 0 Å². The minimum Gasteiger partial charge on any atom is -0.349 e. The quantitative estimate of drug-likeness (QED) is 0.762. The zero-order chi connectivity index (χ0) is 19.2. The van der Waals surface area contributed by atoms with Gasteiger partial charge >= 0.3 is 0 Å². The van der Waals surface area contributed by atoms with Crippen molar-refractivity contribution in [3.05, 3.63) is 47.5 Å². The van der Waals surface area contributed by atoms with Gasteiger partial charge in [0.1, 0.15) is 0 Å². The molecule has 1 aromatic heterocycles. The van der Waals surface area contributed by atoms with Crippen LogP contribution in [-0.2, 0) is 13.0 Å². The Kier molecular flexibility index (Phi) is 6.27. The molecule has 0 saturated heterocycles. The predicted molar refractivity (Wildman–Crippen MR) is 106 cm³/mol. The van der Waals surface area contributed by atoms with Crippen LogP contribution < -0.4 is 10.2 Å². The second-order valence-electron chi connectivity index (χ2n) is 6.83. The number of imidazole rings is 1. The number of unbranched alkanes of at least 4 members (excludes halogenated alkanes) is 1. The van der Waals surface area contributed by atoms with Gasteiger partial charge in [-0.25, -0.2) is 4.98 Å². The molecule has 3 rings (SSSR count). The highest BCUT2D eigenvalue weighted by molar-refractivity contribution is 6.06. The maximum atomic E-state index is 13.3. The van der Waals surface area contributed by atoms with Crippen molar-refractivity contribution in [2.24, 2.45) is 0 Å². The number of aromatic nitrogens is 2. The molecule has 2 amide bonds. The van der Waals surface area contributed by atoms with E-state index in [-0.39, 0.29) is 11.8 Å². The summed E-state index contributed by atoms with van der Waals surface area (Å²) in [6, 6.07) is 9.60. The largest absolute Gasteiger partial charge is 0.349 e. The van der Waals surface area contributed by atoms with Crippen molar-refractivity contribution >= 4 is 17.5 Å². The summed E-state index contributed by atoms with van der Waals surface area (Å²) in [4.78, 5) is 32.1. The normalized spacial score (nSPS) is 13.1. The first-order valence-electron chi connectivity index (χ1n) is 9.91. The molecule has 1 aliphatic rings. The lowest BCUT2D eigenvalue weighted by atomic mass is 10.1. The van der Waals surface area contributed by atoms with Crippen LogP contribution in [0.2, 0.25) is 0 Å². The Morgan fingerprint density at radius 1 is 1.19 bits per heavy atom. The third-order valence-electron chi connectivity index (χ3n) is 4.97. The molecule has 1 N–H and O–H groups in total. The molecule has 0 saturated carbocycles. The zero-order valence-corrected chi connectivity index (χ0v) is 16.2. The lowest BCUT2D eigenvalue weighted by molar-refractivity contribution is 0.0937. The van der Waals surface area contributed by atoms with Gasteiger partial charge in [0, 0.05) is 25.3 Å². The molecule has 6 heteroatoms. The summed E-state index contributed by atoms with van der Waals surface area (Å²) in [6.45, 7) is 5.96. The summed E-state index contributed by atoms with van der Waals surface area (Å²) in [7, 11) is 0. The van der Waals surface area contributed by atoms with Gasteiger partial charge in [-0.05, 0) is 44.7 Å². The second kappa shape index (κ2) is 8.84. The van der Waals surface area contributed by atoms with Crippen LogP contribution in [0.3, 0.4) is 0 Å². The van der Waals surface area contributed by atoms with Crippen molar-refractivity contribution in [2.45, 2.75) is 52.5 Å². The fourth-order valence-corrected chi connectivity index (χ4v) is 3.52. The molecule has 0 spiro atoms. The highest BCUT2D eigenvalue weighted by atomic mass is 16.2. The van der Waals surface area contributed by atoms with Crippen LogP contribution in [-0.4, -0.2) is 34.5 Å². The maximum Gasteiger partial charge on any atom is 0.287 e. The van der Waals surface area contributed by atoms with Crippen LogP contribution in [0.25, 0.3) is 0 Å². The van der Waals surface area contributed by atoms with Crippen molar-refractivity contribution in [2.75, 3.05) is 18.0 Å². The molecule has 1 aliphatic heterocycles. The number of hydrogen-bond donors (Lipinski definition) is 1. The number of benzene rings is 1. The average Bonchev–Trinajstić information content (AvgIpc) is 3.09. The molecule has 0 aliphatic carbocycles. The number of fused-ring (bicyclic) bond motifs is 1. The van der Waals surface area contributed by atoms with Crippen LogP contribution >= 0.6 is 0 Å². The number of para-hydroxylation sites is 1. The van der Waals surface area contributed by atoms with Crippen molar-refractivity contribution < 1.29 is 9.59 Å². The van der Waals surface area contributed by atoms with Gasteiger partial charge in [-0.3, -0.25) is 9.59 Å². The molecule has 2 heterocycles. The second-order valence-corrected chi connectivity index (χ2v) is 6.83. The van der Waals surface area contributed by atoms with Crippen LogP contribution in [0.1, 0.15) is 66.3 Å². The smallest absolute Gasteiger partial charge is 0.287 e. The lowest BCUT2D eigenvalue weighted by Crippen LogP contribution is -2.32. The van der Waals surface area contributed by atoms with E-state index in [4.69, 9.17) is 0 Å². The number of amides is 2. The monoisotopic (exact) mass is 368 g/mol. The molecule has 27 heavy (non-hydrogen) atoms. The van der Waals surface area contributed by atoms with Crippen LogP contribution in [0, 0.1) is 0 Å². The molecule has 1 aromatic carbocycles. The third-order valence-corrected chi connectivity index (χ3v) is 4.97. The first-order valence-corrected chi connectivity index (χ1v) is 9.91. The summed E-state index contributed by atoms with van der Waals surface area (Å²) >= 11 is 0. The van der Waals surface area contributed by atoms with Gasteiger partial charge in [0.05, 0.1) is 5.69 Å². The highest BCUT2D eigenvalue weighted by Gasteiger charge is 2.29. The standard InChI is InChI=1S/C21H28N4O2/c1-3-5-14-22-20(26)19-23-18(17-13-9-10-15-25(17)19)21(27)24(4-2)16-11-7-6-8-12-16/h6-8,11-12H,3-5,9-10,13-15H2,1-2H3,(H,22,26). The van der Waals surface area contributed by atoms with Gasteiger partial charge in [-0.15, -0.1) is 0 Å². The molecule has 0 atom stereocenters. The van der Waals surface area contributed by atoms with E-state index < -0.39 is 0 Å². The molecule has 2 aromatic rings. The van der Waals surface area contributed by atoms with E-state index in [0.29, 0.717) is 24.6 Å². The van der Waals surface area contributed by atoms with Crippen molar-refractivity contribution in [1.82, 2.24) is 14.9 Å². The first-order chi connectivity index (χ1) is 13.2. The predicted octanol–water partition coefficient (Wildman–Crippen LogP) is 3.42. The topological polar surface area (TPSA) is 67.2 Å². The average molecular weight is 368 g/mol. The summed E-state index contributed by atoms with van der Waals surface area (Å²) < 4.78 is 1.94. The van der Waals surface area contributed by atoms with Gasteiger partial charge < -0.3 is 14.8 Å². The molecule has 0 radical (unpaired) electrons. The van der Waals surface area contributed by atoms with E-state index in [1.54, 1.807) is 4.90 Å². The van der Waals surface area contributed by atoms with E-state index in [0.717, 1.165) is 50.0 Å². The van der Waals surface area contributed by atoms with Crippen LogP contribution in [0.5, 0.6) is 0 Å². The minimum atomic E-state index is -0.187. The van der Waals surface area contributed by atoms with Crippen molar-refractivity contribution in [1.29, 1.82) is 0 Å². The summed E-state index contributed by atoms with van der Waals surface area (Å²) in [6.07, 6.45) is 4.75. The Morgan fingerprint density at radius 2 is 1.96 bits per heavy atom. The van der Waals surface area contributed by atoms with Gasteiger partial charge in [-0.1, -0.05) is 31.5 Å². The van der Waals surface area contributed by atoms with Gasteiger partial charge in [-0.2, -0.15) is 0 Å². The molecule has 144 valence electrons. The maximum absolute atomic E-state index is 13.3. The zero-order valence-electron chi connectivity index (χ0n) is 16.2. The van der Waals surface area contributed by atoms with Crippen LogP contribution in [0.4, 0.5) is 5.69 Å². The number of carbonyl (C=O) groups excluding carboxylic acids is 2. The number of rotatable bonds is 7. The molecule has 0 fully saturated rings. The van der Waals surface area contributed by atoms with Gasteiger partial charge in [0.15, 0.2) is 11.5 Å². The van der Waals surface area contributed by atoms with Crippen LogP contribution in [0.15, 0.2) is 30.3 Å². The Bertz CT molecular complexity index is 798. The minimum absolute atomic E-state index is 0.137. The molecular weight excluding hydrogens is 340 g/mol. The Hall–Kier alpha value is -2.63. The molecule has 0 bridgehead atoms. The SMILES string of the molecule is CCCCNC(=O)c1nc(C(=O)N(CC)c2ccccc2)c2n1CCCC2. The van der Waals surface area contributed by atoms with E-state index >= 15 is 0 Å². The summed E-state index contributed by atoms with van der Waals surface area (Å²) in [5, 5.41) is 2.93. The first kappa shape index (κ1) is 19.1. The number of nitrogens with one attached hydrogen (secondary N) is 1. The van der Waals surface area contributed by atoms with E-state index in [1.165, 1.54) is 0 Å². The number of nitrogens with zero attached hydrogens (tertiary/aromatic N) is 3. The Morgan fingerprint density at radius 3 is 2.67 bits per heavy atom. The summed E-state index contributed by atoms with van der Waals surface area (Å²) in [5.41, 5.74) is 2.15. The van der Waals surface area contributed by atoms with E-state index in [2.05, 4.69) is 17.2 Å². The number of hydrogen-bond acceptors (Lipinski definition) is 3. The van der Waals surface area contributed by atoms with Gasteiger partial charge in [0.25, 0.3) is 11.8 Å². The molecule has 0 unspecified atom stereocenters. The lowest BCUT2D eigenvalue weighted by Gasteiger charge is -2.22. The Labute approximate surface area is 160 Å². The molecule has 6 nitrogen and oxygen atoms in total. The molecular formula is C21H28N4O2. The summed E-state index contributed by atoms with van der Waals surface area (Å²) in [5.74, 6) is 0.0450. The van der Waals surface area contributed by atoms with E-state index in [1.807, 2.05) is 41.8 Å². The number of carbonyl (C=O) groups is 2. The highest BCUT2D eigenvalue weighted by Crippen LogP contribution is 2.24. The van der Waals surface area contributed by atoms with Crippen molar-refractivity contribution in [3.63, 3.8) is 0 Å². The number of anilines is 1. The third kappa shape index (κ3) is 4.04. The van der Waals surface area contributed by atoms with E-state index in [9.17, 15) is 9.59 Å². The Balaban J connectivity index is 1.93. The fourth-order valence-electron chi connectivity index (χ4n) is 3.52. The van der Waals surface area contributed by atoms with Gasteiger partial charge in [0.2, 0.25) is 0 Å².